The summed E-state index contributed by atoms with van der Waals surface area (Å²) in [5, 5.41) is 8.62. The Balaban J connectivity index is 0.00000106. The molecule has 0 radical (unpaired) electrons. The van der Waals surface area contributed by atoms with Gasteiger partial charge in [-0.25, -0.2) is 0 Å². The van der Waals surface area contributed by atoms with Crippen LogP contribution in [0.2, 0.25) is 0 Å². The molecule has 0 bridgehead atoms. The van der Waals surface area contributed by atoms with Gasteiger partial charge in [-0.1, -0.05) is 24.3 Å². The summed E-state index contributed by atoms with van der Waals surface area (Å²) >= 11 is 0. The first-order valence-corrected chi connectivity index (χ1v) is 7.19. The van der Waals surface area contributed by atoms with Crippen LogP contribution in [-0.4, -0.2) is 25.0 Å². The van der Waals surface area contributed by atoms with Crippen molar-refractivity contribution in [2.24, 2.45) is 5.14 Å². The third-order valence-electron chi connectivity index (χ3n) is 1.92. The molecule has 0 aliphatic carbocycles. The van der Waals surface area contributed by atoms with Crippen LogP contribution in [0.4, 0.5) is 5.69 Å². The number of anilines is 1. The molecule has 4 nitrogen and oxygen atoms in total. The van der Waals surface area contributed by atoms with Gasteiger partial charge in [0, 0.05) is 18.2 Å². The van der Waals surface area contributed by atoms with Gasteiger partial charge in [0.2, 0.25) is 0 Å². The average Bonchev–Trinajstić information content (AvgIpc) is 2.29. The SMILES string of the molecule is CC.CNc1ccc(S(C)(N)O)cc1OC. The number of benzene rings is 1. The second-order valence-corrected chi connectivity index (χ2v) is 5.39. The normalized spacial score (nSPS) is 15.2. The van der Waals surface area contributed by atoms with E-state index in [1.165, 1.54) is 0 Å². The van der Waals surface area contributed by atoms with Crippen molar-refractivity contribution in [3.8, 4) is 5.75 Å². The van der Waals surface area contributed by atoms with Crippen molar-refractivity contribution in [3.63, 3.8) is 0 Å². The maximum Gasteiger partial charge on any atom is 0.143 e. The lowest BCUT2D eigenvalue weighted by atomic mass is 10.3. The minimum absolute atomic E-state index is 0.684. The molecule has 0 saturated carbocycles. The maximum atomic E-state index is 9.66. The Labute approximate surface area is 99.5 Å². The van der Waals surface area contributed by atoms with Gasteiger partial charge in [-0.15, -0.1) is 0 Å². The lowest BCUT2D eigenvalue weighted by molar-refractivity contribution is 0.415. The standard InChI is InChI=1S/C9H16N2O2S.C2H6/c1-11-8-5-4-7(14(3,10)12)6-9(8)13-2;1-2/h4-6,11-12H,10H2,1-3H3;1-2H3. The Bertz CT molecular complexity index is 324. The second kappa shape index (κ2) is 6.62. The van der Waals surface area contributed by atoms with E-state index in [0.717, 1.165) is 5.69 Å². The molecule has 0 spiro atoms. The predicted molar refractivity (Wildman–Crippen MR) is 72.5 cm³/mol. The van der Waals surface area contributed by atoms with Crippen LogP contribution in [0.15, 0.2) is 23.1 Å². The Kier molecular flexibility index (Phi) is 6.25. The van der Waals surface area contributed by atoms with Gasteiger partial charge >= 0.3 is 0 Å². The summed E-state index contributed by atoms with van der Waals surface area (Å²) in [4.78, 5) is 0.702. The molecule has 5 heteroatoms. The van der Waals surface area contributed by atoms with E-state index in [9.17, 15) is 4.55 Å². The van der Waals surface area contributed by atoms with E-state index in [4.69, 9.17) is 9.88 Å². The van der Waals surface area contributed by atoms with Crippen molar-refractivity contribution >= 4 is 16.2 Å². The number of hydrogen-bond acceptors (Lipinski definition) is 4. The highest BCUT2D eigenvalue weighted by Gasteiger charge is 2.13. The largest absolute Gasteiger partial charge is 0.495 e. The summed E-state index contributed by atoms with van der Waals surface area (Å²) < 4.78 is 14.8. The number of methoxy groups -OCH3 is 1. The van der Waals surface area contributed by atoms with Gasteiger partial charge in [0.05, 0.1) is 12.8 Å². The molecule has 0 aromatic heterocycles. The van der Waals surface area contributed by atoms with Gasteiger partial charge in [0.1, 0.15) is 5.75 Å². The zero-order valence-electron chi connectivity index (χ0n) is 10.6. The summed E-state index contributed by atoms with van der Waals surface area (Å²) in [7, 11) is 1.23. The van der Waals surface area contributed by atoms with Crippen LogP contribution in [0.5, 0.6) is 5.75 Å². The Morgan fingerprint density at radius 1 is 1.38 bits per heavy atom. The van der Waals surface area contributed by atoms with Crippen molar-refractivity contribution in [3.05, 3.63) is 18.2 Å². The molecule has 16 heavy (non-hydrogen) atoms. The van der Waals surface area contributed by atoms with E-state index in [2.05, 4.69) is 5.32 Å². The van der Waals surface area contributed by atoms with Crippen LogP contribution in [-0.2, 0) is 0 Å². The lowest BCUT2D eigenvalue weighted by Crippen LogP contribution is -2.08. The van der Waals surface area contributed by atoms with Gasteiger partial charge in [0.25, 0.3) is 0 Å². The first-order valence-electron chi connectivity index (χ1n) is 5.13. The molecule has 0 aliphatic rings. The molecule has 0 heterocycles. The van der Waals surface area contributed by atoms with Gasteiger partial charge in [-0.2, -0.15) is 0 Å². The molecule has 4 N–H and O–H groups in total. The summed E-state index contributed by atoms with van der Waals surface area (Å²) in [6.07, 6.45) is 1.61. The molecule has 1 atom stereocenters. The number of nitrogens with two attached hydrogens (primary N) is 1. The molecule has 0 fully saturated rings. The van der Waals surface area contributed by atoms with Crippen LogP contribution in [0, 0.1) is 0 Å². The number of ether oxygens (including phenoxy) is 1. The van der Waals surface area contributed by atoms with Gasteiger partial charge in [-0.05, 0) is 18.2 Å². The molecular weight excluding hydrogens is 224 g/mol. The fourth-order valence-electron chi connectivity index (χ4n) is 1.14. The quantitative estimate of drug-likeness (QED) is 0.767. The Morgan fingerprint density at radius 2 is 1.94 bits per heavy atom. The average molecular weight is 246 g/mol. The summed E-state index contributed by atoms with van der Waals surface area (Å²) in [5.74, 6) is 0.684. The van der Waals surface area contributed by atoms with Crippen LogP contribution >= 0.6 is 10.5 Å². The fraction of sp³-hybridized carbons (Fsp3) is 0.455. The lowest BCUT2D eigenvalue weighted by Gasteiger charge is -2.24. The van der Waals surface area contributed by atoms with E-state index < -0.39 is 10.5 Å². The number of hydrogen-bond donors (Lipinski definition) is 3. The Hall–Kier alpha value is -0.910. The summed E-state index contributed by atoms with van der Waals surface area (Å²) in [6, 6.07) is 5.38. The highest BCUT2D eigenvalue weighted by Crippen LogP contribution is 2.43. The topological polar surface area (TPSA) is 67.5 Å². The number of rotatable bonds is 3. The Morgan fingerprint density at radius 3 is 2.31 bits per heavy atom. The molecular formula is C11H22N2O2S. The van der Waals surface area contributed by atoms with E-state index >= 15 is 0 Å². The number of nitrogens with one attached hydrogen (secondary N) is 1. The van der Waals surface area contributed by atoms with Crippen LogP contribution in [0.25, 0.3) is 0 Å². The fourth-order valence-corrected chi connectivity index (χ4v) is 1.82. The molecule has 0 saturated heterocycles. The molecule has 1 rings (SSSR count). The molecule has 1 aromatic carbocycles. The van der Waals surface area contributed by atoms with Crippen LogP contribution in [0.3, 0.4) is 0 Å². The molecule has 1 aromatic rings. The molecule has 1 unspecified atom stereocenters. The van der Waals surface area contributed by atoms with Crippen molar-refractivity contribution in [1.82, 2.24) is 0 Å². The van der Waals surface area contributed by atoms with Gasteiger partial charge in [-0.3, -0.25) is 5.14 Å². The highest BCUT2D eigenvalue weighted by molar-refractivity contribution is 8.26. The monoisotopic (exact) mass is 246 g/mol. The van der Waals surface area contributed by atoms with E-state index in [1.807, 2.05) is 27.0 Å². The van der Waals surface area contributed by atoms with Crippen molar-refractivity contribution in [2.45, 2.75) is 18.7 Å². The molecule has 94 valence electrons. The molecule has 0 amide bonds. The minimum atomic E-state index is -2.17. The minimum Gasteiger partial charge on any atom is -0.495 e. The molecule has 0 aliphatic heterocycles. The first kappa shape index (κ1) is 15.1. The van der Waals surface area contributed by atoms with E-state index in [-0.39, 0.29) is 0 Å². The second-order valence-electron chi connectivity index (χ2n) is 3.05. The van der Waals surface area contributed by atoms with Gasteiger partial charge < -0.3 is 14.6 Å². The van der Waals surface area contributed by atoms with Crippen molar-refractivity contribution in [1.29, 1.82) is 0 Å². The van der Waals surface area contributed by atoms with Crippen LogP contribution < -0.4 is 15.2 Å². The van der Waals surface area contributed by atoms with Crippen molar-refractivity contribution in [2.75, 3.05) is 25.7 Å². The highest BCUT2D eigenvalue weighted by atomic mass is 32.3. The first-order chi connectivity index (χ1) is 7.49. The summed E-state index contributed by atoms with van der Waals surface area (Å²) in [5.41, 5.74) is 0.875. The third kappa shape index (κ3) is 3.92. The summed E-state index contributed by atoms with van der Waals surface area (Å²) in [6.45, 7) is 4.00. The van der Waals surface area contributed by atoms with Crippen LogP contribution in [0.1, 0.15) is 13.8 Å². The zero-order valence-corrected chi connectivity index (χ0v) is 11.4. The van der Waals surface area contributed by atoms with E-state index in [1.54, 1.807) is 25.5 Å². The van der Waals surface area contributed by atoms with Crippen molar-refractivity contribution < 1.29 is 9.29 Å². The third-order valence-corrected chi connectivity index (χ3v) is 3.13. The predicted octanol–water partition coefficient (Wildman–Crippen LogP) is 2.90. The van der Waals surface area contributed by atoms with E-state index in [0.29, 0.717) is 10.6 Å². The zero-order chi connectivity index (χ0) is 12.8. The smallest absolute Gasteiger partial charge is 0.143 e. The van der Waals surface area contributed by atoms with Gasteiger partial charge in [0.15, 0.2) is 0 Å². The maximum absolute atomic E-state index is 9.66.